The quantitative estimate of drug-likeness (QED) is 0.412. The number of amides is 2. The minimum Gasteiger partial charge on any atom is -0.488 e. The van der Waals surface area contributed by atoms with Crippen molar-refractivity contribution in [3.8, 4) is 5.75 Å². The number of benzene rings is 2. The zero-order chi connectivity index (χ0) is 31.2. The maximum Gasteiger partial charge on any atom is 0.408 e. The van der Waals surface area contributed by atoms with Crippen molar-refractivity contribution in [2.45, 2.75) is 82.6 Å². The van der Waals surface area contributed by atoms with Crippen molar-refractivity contribution in [2.75, 3.05) is 34.3 Å². The first-order valence-corrected chi connectivity index (χ1v) is 15.2. The van der Waals surface area contributed by atoms with Gasteiger partial charge in [-0.1, -0.05) is 42.5 Å². The zero-order valence-corrected chi connectivity index (χ0v) is 26.4. The van der Waals surface area contributed by atoms with Gasteiger partial charge in [0.15, 0.2) is 0 Å². The van der Waals surface area contributed by atoms with Crippen LogP contribution in [0.5, 0.6) is 5.75 Å². The Balaban J connectivity index is 1.35. The Morgan fingerprint density at radius 3 is 2.35 bits per heavy atom. The number of carbonyl (C=O) groups is 3. The number of ether oxygens (including phenoxy) is 3. The molecule has 0 aromatic heterocycles. The molecule has 4 rings (SSSR count). The number of carbonyl (C=O) groups excluding carboxylic acids is 3. The van der Waals surface area contributed by atoms with E-state index in [0.29, 0.717) is 12.3 Å². The van der Waals surface area contributed by atoms with Crippen LogP contribution in [0.2, 0.25) is 0 Å². The van der Waals surface area contributed by atoms with Crippen molar-refractivity contribution in [3.05, 3.63) is 65.7 Å². The number of rotatable bonds is 9. The van der Waals surface area contributed by atoms with Gasteiger partial charge in [0.05, 0.1) is 13.7 Å². The minimum absolute atomic E-state index is 0.0765. The monoisotopic (exact) mass is 593 g/mol. The molecule has 1 aliphatic heterocycles. The minimum atomic E-state index is -0.782. The third-order valence-electron chi connectivity index (χ3n) is 8.66. The fraction of sp³-hybridized carbons (Fsp3) is 0.559. The molecule has 9 heteroatoms. The van der Waals surface area contributed by atoms with Gasteiger partial charge in [0.2, 0.25) is 5.91 Å². The second kappa shape index (κ2) is 13.8. The molecule has 2 amide bonds. The van der Waals surface area contributed by atoms with Gasteiger partial charge in [-0.05, 0) is 96.1 Å². The first kappa shape index (κ1) is 32.3. The molecule has 1 saturated carbocycles. The van der Waals surface area contributed by atoms with Crippen LogP contribution in [0, 0.1) is 5.92 Å². The number of nitrogens with zero attached hydrogens (tertiary/aromatic N) is 2. The second-order valence-corrected chi connectivity index (χ2v) is 13.0. The van der Waals surface area contributed by atoms with Crippen LogP contribution in [0.3, 0.4) is 0 Å². The van der Waals surface area contributed by atoms with Crippen LogP contribution in [0.1, 0.15) is 64.0 Å². The molecule has 43 heavy (non-hydrogen) atoms. The number of methoxy groups -OCH3 is 1. The zero-order valence-electron chi connectivity index (χ0n) is 26.4. The van der Waals surface area contributed by atoms with E-state index < -0.39 is 29.6 Å². The number of hydrogen-bond donors (Lipinski definition) is 1. The van der Waals surface area contributed by atoms with Crippen LogP contribution in [0.4, 0.5) is 4.79 Å². The Bertz CT molecular complexity index is 1250. The van der Waals surface area contributed by atoms with Gasteiger partial charge in [-0.3, -0.25) is 9.69 Å². The highest BCUT2D eigenvalue weighted by atomic mass is 16.6. The van der Waals surface area contributed by atoms with Crippen molar-refractivity contribution < 1.29 is 28.6 Å². The Morgan fingerprint density at radius 2 is 1.72 bits per heavy atom. The smallest absolute Gasteiger partial charge is 0.408 e. The lowest BCUT2D eigenvalue weighted by Crippen LogP contribution is -2.46. The summed E-state index contributed by atoms with van der Waals surface area (Å²) in [4.78, 5) is 41.3. The standard InChI is InChI=1S/C34H47N3O6/c1-33(2,3)43-32(40)35-22-30(38)37-23-28(21-29(37)31(39)41-6)42-27-14-10-11-25(20-27)19-24-15-17-34(18-16-24,36(4)5)26-12-8-7-9-13-26/h7-14,20,24,28-29H,15-19,21-23H2,1-6H3,(H,35,40)/t24?,28-,29-,34?/m0/s1. The Labute approximate surface area is 255 Å². The summed E-state index contributed by atoms with van der Waals surface area (Å²) in [6.45, 7) is 5.17. The summed E-state index contributed by atoms with van der Waals surface area (Å²) >= 11 is 0. The van der Waals surface area contributed by atoms with Crippen LogP contribution >= 0.6 is 0 Å². The van der Waals surface area contributed by atoms with Crippen molar-refractivity contribution in [3.63, 3.8) is 0 Å². The molecule has 2 aromatic carbocycles. The van der Waals surface area contributed by atoms with Crippen LogP contribution < -0.4 is 10.1 Å². The second-order valence-electron chi connectivity index (χ2n) is 13.0. The highest BCUT2D eigenvalue weighted by Gasteiger charge is 2.42. The molecule has 1 aliphatic carbocycles. The van der Waals surface area contributed by atoms with Crippen molar-refractivity contribution in [2.24, 2.45) is 5.92 Å². The number of likely N-dealkylation sites (tertiary alicyclic amines) is 1. The molecule has 2 aromatic rings. The number of alkyl carbamates (subject to hydrolysis) is 1. The van der Waals surface area contributed by atoms with E-state index in [4.69, 9.17) is 14.2 Å². The summed E-state index contributed by atoms with van der Waals surface area (Å²) in [5.74, 6) is 0.401. The van der Waals surface area contributed by atoms with Gasteiger partial charge >= 0.3 is 12.1 Å². The summed E-state index contributed by atoms with van der Waals surface area (Å²) < 4.78 is 16.5. The molecule has 2 fully saturated rings. The summed E-state index contributed by atoms with van der Waals surface area (Å²) in [7, 11) is 5.68. The van der Waals surface area contributed by atoms with E-state index in [1.54, 1.807) is 20.8 Å². The summed E-state index contributed by atoms with van der Waals surface area (Å²) in [6.07, 6.45) is 4.75. The van der Waals surface area contributed by atoms with E-state index in [9.17, 15) is 14.4 Å². The molecule has 0 spiro atoms. The van der Waals surface area contributed by atoms with Gasteiger partial charge < -0.3 is 24.4 Å². The number of nitrogens with one attached hydrogen (secondary N) is 1. The van der Waals surface area contributed by atoms with Gasteiger partial charge in [-0.15, -0.1) is 0 Å². The maximum atomic E-state index is 13.0. The van der Waals surface area contributed by atoms with Gasteiger partial charge in [-0.25, -0.2) is 9.59 Å². The largest absolute Gasteiger partial charge is 0.488 e. The van der Waals surface area contributed by atoms with E-state index in [2.05, 4.69) is 66.8 Å². The fourth-order valence-corrected chi connectivity index (χ4v) is 6.45. The topological polar surface area (TPSA) is 97.4 Å². The average molecular weight is 594 g/mol. The molecule has 234 valence electrons. The van der Waals surface area contributed by atoms with Crippen LogP contribution in [0.25, 0.3) is 0 Å². The third-order valence-corrected chi connectivity index (χ3v) is 8.66. The van der Waals surface area contributed by atoms with E-state index in [1.165, 1.54) is 23.1 Å². The van der Waals surface area contributed by atoms with Crippen molar-refractivity contribution in [1.82, 2.24) is 15.1 Å². The molecule has 1 saturated heterocycles. The lowest BCUT2D eigenvalue weighted by Gasteiger charge is -2.45. The van der Waals surface area contributed by atoms with Gasteiger partial charge in [0.25, 0.3) is 0 Å². The summed E-state index contributed by atoms with van der Waals surface area (Å²) in [5.41, 5.74) is 2.01. The first-order chi connectivity index (χ1) is 20.4. The van der Waals surface area contributed by atoms with Gasteiger partial charge in [-0.2, -0.15) is 0 Å². The molecule has 0 radical (unpaired) electrons. The molecule has 9 nitrogen and oxygen atoms in total. The average Bonchev–Trinajstić information content (AvgIpc) is 3.39. The van der Waals surface area contributed by atoms with Crippen molar-refractivity contribution >= 4 is 18.0 Å². The van der Waals surface area contributed by atoms with E-state index in [-0.39, 0.29) is 24.7 Å². The molecular formula is C34H47N3O6. The predicted octanol–water partition coefficient (Wildman–Crippen LogP) is 4.92. The number of esters is 1. The predicted molar refractivity (Wildman–Crippen MR) is 165 cm³/mol. The third kappa shape index (κ3) is 8.28. The highest BCUT2D eigenvalue weighted by molar-refractivity contribution is 5.88. The molecular weight excluding hydrogens is 546 g/mol. The summed E-state index contributed by atoms with van der Waals surface area (Å²) in [6, 6.07) is 18.2. The van der Waals surface area contributed by atoms with Crippen LogP contribution in [-0.2, 0) is 31.0 Å². The molecule has 1 N–H and O–H groups in total. The van der Waals surface area contributed by atoms with Gasteiger partial charge in [0, 0.05) is 12.0 Å². The van der Waals surface area contributed by atoms with E-state index >= 15 is 0 Å². The molecule has 1 heterocycles. The summed E-state index contributed by atoms with van der Waals surface area (Å²) in [5, 5.41) is 2.48. The maximum absolute atomic E-state index is 13.0. The lowest BCUT2D eigenvalue weighted by atomic mass is 9.70. The molecule has 2 aliphatic rings. The molecule has 2 atom stereocenters. The van der Waals surface area contributed by atoms with Crippen LogP contribution in [0.15, 0.2) is 54.6 Å². The number of hydrogen-bond acceptors (Lipinski definition) is 7. The van der Waals surface area contributed by atoms with Crippen LogP contribution in [-0.4, -0.2) is 79.8 Å². The first-order valence-electron chi connectivity index (χ1n) is 15.2. The highest BCUT2D eigenvalue weighted by Crippen LogP contribution is 2.44. The Morgan fingerprint density at radius 1 is 1.02 bits per heavy atom. The van der Waals surface area contributed by atoms with Gasteiger partial charge in [0.1, 0.15) is 30.0 Å². The Kier molecular flexibility index (Phi) is 10.4. The van der Waals surface area contributed by atoms with E-state index in [0.717, 1.165) is 37.9 Å². The molecule has 0 unspecified atom stereocenters. The fourth-order valence-electron chi connectivity index (χ4n) is 6.45. The Hall–Kier alpha value is -3.59. The molecule has 0 bridgehead atoms. The normalized spacial score (nSPS) is 24.0. The lowest BCUT2D eigenvalue weighted by molar-refractivity contribution is -0.150. The SMILES string of the molecule is COC(=O)[C@@H]1C[C@H](Oc2cccc(CC3CCC(c4ccccc4)(N(C)C)CC3)c2)CN1C(=O)CNC(=O)OC(C)(C)C. The van der Waals surface area contributed by atoms with E-state index in [1.807, 2.05) is 12.1 Å². The van der Waals surface area contributed by atoms with Crippen molar-refractivity contribution in [1.29, 1.82) is 0 Å².